The zero-order chi connectivity index (χ0) is 28.6. The molecule has 2 heterocycles. The standard InChI is InChI=1S/C31H39N2O5P/c1-6-32-26-19-18-22(39(36,37)38)21-24(26)31(4,5)27(32)15-12-16-28-30(2,3)23-13-9-10-14-25(23)33(28)20-11-7-8-17-29(34)35/h9-10,12-16,18-19,21H,6-8,11,17,20H2,1-5H3,(H2-,34,35,36,37,38). The summed E-state index contributed by atoms with van der Waals surface area (Å²) in [6.45, 7) is 12.2. The van der Waals surface area contributed by atoms with Gasteiger partial charge >= 0.3 is 5.97 Å². The molecule has 0 saturated carbocycles. The number of likely N-dealkylation sites (N-methyl/N-ethyl adjacent to an activating group) is 1. The average Bonchev–Trinajstić information content (AvgIpc) is 3.21. The van der Waals surface area contributed by atoms with Crippen LogP contribution in [0.5, 0.6) is 0 Å². The molecule has 2 aromatic rings. The average molecular weight is 551 g/mol. The molecule has 1 unspecified atom stereocenters. The van der Waals surface area contributed by atoms with Crippen LogP contribution in [-0.4, -0.2) is 39.3 Å². The van der Waals surface area contributed by atoms with Crippen LogP contribution >= 0.6 is 7.60 Å². The van der Waals surface area contributed by atoms with E-state index in [9.17, 15) is 19.1 Å². The van der Waals surface area contributed by atoms with Gasteiger partial charge in [-0.15, -0.1) is 0 Å². The van der Waals surface area contributed by atoms with E-state index < -0.39 is 19.0 Å². The lowest BCUT2D eigenvalue weighted by Gasteiger charge is -2.26. The van der Waals surface area contributed by atoms with E-state index in [4.69, 9.17) is 5.11 Å². The van der Waals surface area contributed by atoms with Gasteiger partial charge in [0.05, 0.1) is 5.41 Å². The summed E-state index contributed by atoms with van der Waals surface area (Å²) in [6, 6.07) is 13.3. The Balaban J connectivity index is 1.68. The molecular weight excluding hydrogens is 511 g/mol. The van der Waals surface area contributed by atoms with Gasteiger partial charge in [-0.25, -0.2) is 0 Å². The number of nitrogens with zero attached hydrogens (tertiary/aromatic N) is 2. The van der Waals surface area contributed by atoms with Crippen molar-refractivity contribution in [2.45, 2.75) is 71.1 Å². The summed E-state index contributed by atoms with van der Waals surface area (Å²) in [6.07, 6.45) is 8.99. The summed E-state index contributed by atoms with van der Waals surface area (Å²) in [5.41, 5.74) is 5.87. The summed E-state index contributed by atoms with van der Waals surface area (Å²) in [7, 11) is -4.60. The molecule has 2 aromatic carbocycles. The molecule has 39 heavy (non-hydrogen) atoms. The Bertz CT molecular complexity index is 1410. The molecule has 208 valence electrons. The second-order valence-corrected chi connectivity index (χ2v) is 12.9. The normalized spacial score (nSPS) is 20.0. The lowest BCUT2D eigenvalue weighted by molar-refractivity contribution is -0.438. The summed E-state index contributed by atoms with van der Waals surface area (Å²) < 4.78 is 14.2. The molecule has 0 aromatic heterocycles. The van der Waals surface area contributed by atoms with Gasteiger partial charge in [-0.2, -0.15) is 4.58 Å². The largest absolute Gasteiger partial charge is 0.775 e. The third kappa shape index (κ3) is 5.54. The van der Waals surface area contributed by atoms with Gasteiger partial charge in [0, 0.05) is 59.2 Å². The number of hydrogen-bond donors (Lipinski definition) is 2. The molecule has 2 aliphatic heterocycles. The van der Waals surface area contributed by atoms with Crippen LogP contribution in [0.15, 0.2) is 66.4 Å². The first-order chi connectivity index (χ1) is 18.3. The highest BCUT2D eigenvalue weighted by Gasteiger charge is 2.44. The predicted octanol–water partition coefficient (Wildman–Crippen LogP) is 5.14. The lowest BCUT2D eigenvalue weighted by atomic mass is 9.81. The molecule has 1 atom stereocenters. The Labute approximate surface area is 231 Å². The molecule has 7 nitrogen and oxygen atoms in total. The molecule has 2 aliphatic rings. The van der Waals surface area contributed by atoms with E-state index in [1.165, 1.54) is 23.0 Å². The molecule has 0 aliphatic carbocycles. The second kappa shape index (κ2) is 10.9. The molecule has 0 bridgehead atoms. The fraction of sp³-hybridized carbons (Fsp3) is 0.419. The number of carbonyl (C=O) groups is 1. The summed E-state index contributed by atoms with van der Waals surface area (Å²) in [5.74, 6) is -0.751. The Kier molecular flexibility index (Phi) is 8.09. The van der Waals surface area contributed by atoms with Crippen molar-refractivity contribution in [2.24, 2.45) is 0 Å². The van der Waals surface area contributed by atoms with E-state index >= 15 is 0 Å². The number of carboxylic acid groups (broad SMARTS) is 1. The first-order valence-electron chi connectivity index (χ1n) is 13.6. The first-order valence-corrected chi connectivity index (χ1v) is 15.2. The van der Waals surface area contributed by atoms with Crippen LogP contribution < -0.4 is 15.1 Å². The van der Waals surface area contributed by atoms with Gasteiger partial charge in [-0.1, -0.05) is 38.1 Å². The minimum atomic E-state index is -4.60. The molecule has 8 heteroatoms. The number of anilines is 1. The van der Waals surface area contributed by atoms with Gasteiger partial charge in [0.25, 0.3) is 0 Å². The number of unbranched alkanes of at least 4 members (excludes halogenated alkanes) is 2. The van der Waals surface area contributed by atoms with Crippen molar-refractivity contribution < 1.29 is 28.8 Å². The Hall–Kier alpha value is -2.99. The maximum Gasteiger partial charge on any atom is 0.303 e. The Morgan fingerprint density at radius 2 is 1.77 bits per heavy atom. The van der Waals surface area contributed by atoms with Crippen molar-refractivity contribution in [1.82, 2.24) is 0 Å². The van der Waals surface area contributed by atoms with Crippen molar-refractivity contribution in [1.29, 1.82) is 0 Å². The van der Waals surface area contributed by atoms with Crippen LogP contribution in [-0.2, 0) is 20.2 Å². The zero-order valence-corrected chi connectivity index (χ0v) is 24.4. The molecule has 0 amide bonds. The van der Waals surface area contributed by atoms with E-state index in [2.05, 4.69) is 86.6 Å². The van der Waals surface area contributed by atoms with E-state index in [0.29, 0.717) is 6.42 Å². The smallest absolute Gasteiger partial charge is 0.303 e. The number of para-hydroxylation sites is 1. The maximum absolute atomic E-state index is 11.8. The van der Waals surface area contributed by atoms with Crippen molar-refractivity contribution in [3.8, 4) is 0 Å². The molecule has 0 saturated heterocycles. The van der Waals surface area contributed by atoms with E-state index in [0.717, 1.165) is 42.9 Å². The number of hydrogen-bond acceptors (Lipinski definition) is 4. The van der Waals surface area contributed by atoms with E-state index in [-0.39, 0.29) is 17.1 Å². The number of benzene rings is 2. The van der Waals surface area contributed by atoms with Crippen molar-refractivity contribution in [3.63, 3.8) is 0 Å². The van der Waals surface area contributed by atoms with Gasteiger partial charge < -0.3 is 24.4 Å². The minimum absolute atomic E-state index is 0.0674. The quantitative estimate of drug-likeness (QED) is 0.241. The highest BCUT2D eigenvalue weighted by Crippen LogP contribution is 2.48. The molecule has 0 fully saturated rings. The number of allylic oxidation sites excluding steroid dienone is 4. The summed E-state index contributed by atoms with van der Waals surface area (Å²) in [4.78, 5) is 34.6. The third-order valence-corrected chi connectivity index (χ3v) is 9.03. The van der Waals surface area contributed by atoms with E-state index in [1.54, 1.807) is 12.1 Å². The lowest BCUT2D eigenvalue weighted by Crippen LogP contribution is -2.28. The summed E-state index contributed by atoms with van der Waals surface area (Å²) >= 11 is 0. The van der Waals surface area contributed by atoms with Crippen molar-refractivity contribution in [3.05, 3.63) is 77.5 Å². The number of rotatable bonds is 10. The minimum Gasteiger partial charge on any atom is -0.775 e. The summed E-state index contributed by atoms with van der Waals surface area (Å²) in [5, 5.41) is 8.89. The van der Waals surface area contributed by atoms with Gasteiger partial charge in [0.1, 0.15) is 6.54 Å². The molecule has 0 spiro atoms. The monoisotopic (exact) mass is 550 g/mol. The van der Waals surface area contributed by atoms with E-state index in [1.807, 2.05) is 0 Å². The van der Waals surface area contributed by atoms with Crippen molar-refractivity contribution in [2.75, 3.05) is 18.0 Å². The van der Waals surface area contributed by atoms with Crippen LogP contribution in [0.3, 0.4) is 0 Å². The van der Waals surface area contributed by atoms with Gasteiger partial charge in [-0.05, 0) is 63.5 Å². The van der Waals surface area contributed by atoms with Crippen molar-refractivity contribution >= 4 is 36.0 Å². The molecular formula is C31H39N2O5P. The number of aliphatic carboxylic acids is 1. The first kappa shape index (κ1) is 29.0. The highest BCUT2D eigenvalue weighted by atomic mass is 31.2. The molecule has 2 N–H and O–H groups in total. The maximum atomic E-state index is 11.8. The second-order valence-electron chi connectivity index (χ2n) is 11.4. The van der Waals surface area contributed by atoms with Crippen LogP contribution in [0.1, 0.15) is 71.4 Å². The van der Waals surface area contributed by atoms with Gasteiger partial charge in [0.2, 0.25) is 5.69 Å². The number of fused-ring (bicyclic) bond motifs is 2. The van der Waals surface area contributed by atoms with Gasteiger partial charge in [-0.3, -0.25) is 4.79 Å². The van der Waals surface area contributed by atoms with Crippen LogP contribution in [0.4, 0.5) is 11.4 Å². The fourth-order valence-electron chi connectivity index (χ4n) is 6.02. The van der Waals surface area contributed by atoms with Crippen LogP contribution in [0, 0.1) is 0 Å². The van der Waals surface area contributed by atoms with Crippen LogP contribution in [0.2, 0.25) is 0 Å². The topological polar surface area (TPSA) is 104 Å². The SMILES string of the molecule is CCN1/C(=C\C=C\C2=[N+](CCCCCC(=O)O)c3ccccc3C2(C)C)C(C)(C)c2cc(P(=O)([O-])O)ccc21. The fourth-order valence-corrected chi connectivity index (χ4v) is 6.57. The zero-order valence-electron chi connectivity index (χ0n) is 23.5. The Morgan fingerprint density at radius 3 is 2.44 bits per heavy atom. The third-order valence-electron chi connectivity index (χ3n) is 8.10. The highest BCUT2D eigenvalue weighted by molar-refractivity contribution is 7.58. The van der Waals surface area contributed by atoms with Crippen LogP contribution in [0.25, 0.3) is 0 Å². The predicted molar refractivity (Wildman–Crippen MR) is 155 cm³/mol. The van der Waals surface area contributed by atoms with Gasteiger partial charge in [0.15, 0.2) is 13.3 Å². The molecule has 4 rings (SSSR count). The Morgan fingerprint density at radius 1 is 1.05 bits per heavy atom. The number of carboxylic acids is 1. The molecule has 0 radical (unpaired) electrons.